The molecule has 1 heterocycles. The van der Waals surface area contributed by atoms with Crippen molar-refractivity contribution in [2.45, 2.75) is 12.2 Å². The first-order valence-electron chi connectivity index (χ1n) is 13.2. The van der Waals surface area contributed by atoms with Gasteiger partial charge in [0.05, 0.1) is 25.0 Å². The smallest absolute Gasteiger partial charge is 0.490 e. The number of nitrogens with zero attached hydrogens (tertiary/aromatic N) is 2. The van der Waals surface area contributed by atoms with Gasteiger partial charge in [-0.05, 0) is 54.1 Å². The Morgan fingerprint density at radius 1 is 1.04 bits per heavy atom. The van der Waals surface area contributed by atoms with Crippen molar-refractivity contribution in [3.05, 3.63) is 99.7 Å². The van der Waals surface area contributed by atoms with Gasteiger partial charge < -0.3 is 36.1 Å². The molecule has 0 saturated carbocycles. The number of primary amides is 1. The van der Waals surface area contributed by atoms with Gasteiger partial charge in [-0.25, -0.2) is 9.59 Å². The molecule has 244 valence electrons. The van der Waals surface area contributed by atoms with E-state index in [1.165, 1.54) is 13.2 Å². The summed E-state index contributed by atoms with van der Waals surface area (Å²) >= 11 is 0. The van der Waals surface area contributed by atoms with Crippen molar-refractivity contribution in [1.29, 1.82) is 5.41 Å². The number of carbonyl (C=O) groups is 2. The Kier molecular flexibility index (Phi) is 11.5. The summed E-state index contributed by atoms with van der Waals surface area (Å²) in [5, 5.41) is 22.6. The maximum Gasteiger partial charge on any atom is 0.490 e. The second-order valence-corrected chi connectivity index (χ2v) is 9.23. The number of benzene rings is 3. The van der Waals surface area contributed by atoms with Crippen LogP contribution in [0.1, 0.15) is 33.4 Å². The lowest BCUT2D eigenvalue weighted by Gasteiger charge is -2.20. The van der Waals surface area contributed by atoms with Crippen LogP contribution in [0.3, 0.4) is 0 Å². The quantitative estimate of drug-likeness (QED) is 0.0751. The predicted octanol–water partition coefficient (Wildman–Crippen LogP) is 2.81. The number of nitrogens with one attached hydrogen (secondary N) is 3. The van der Waals surface area contributed by atoms with E-state index in [0.717, 1.165) is 4.68 Å². The third-order valence-electron chi connectivity index (χ3n) is 6.12. The second-order valence-electron chi connectivity index (χ2n) is 9.23. The molecular formula is C29H30F3N7O7. The zero-order chi connectivity index (χ0) is 34.0. The number of carbonyl (C=O) groups excluding carboxylic acids is 1. The van der Waals surface area contributed by atoms with Gasteiger partial charge in [-0.2, -0.15) is 17.9 Å². The highest BCUT2D eigenvalue weighted by molar-refractivity contribution is 5.96. The standard InChI is InChI=1S/C27H29N7O5.C2HF3O2/c1-37-13-14-39-21-12-9-17(15-22(21)38-2)23(31-18-10-7-16(8-11-18)24(28)29)26-32-27(36)34(33-26)20-6-4-3-5-19(20)25(30)35;3-2(4,5)1(6)7/h3-12,15,23,31H,13-14H2,1-2H3,(H3,28,29)(H2,30,35)(H,32,33,36);(H,6,7). The monoisotopic (exact) mass is 645 g/mol. The number of amides is 1. The number of ether oxygens (including phenoxy) is 3. The number of nitrogens with two attached hydrogens (primary N) is 2. The van der Waals surface area contributed by atoms with Crippen LogP contribution in [0.5, 0.6) is 11.5 Å². The van der Waals surface area contributed by atoms with Crippen molar-refractivity contribution < 1.29 is 42.1 Å². The topological polar surface area (TPSA) is 221 Å². The van der Waals surface area contributed by atoms with Gasteiger partial charge in [0.15, 0.2) is 17.3 Å². The number of aliphatic carboxylic acids is 1. The average molecular weight is 646 g/mol. The third kappa shape index (κ3) is 8.85. The summed E-state index contributed by atoms with van der Waals surface area (Å²) in [6, 6.07) is 18.1. The molecule has 0 bridgehead atoms. The maximum atomic E-state index is 13.0. The number of H-pyrrole nitrogens is 1. The average Bonchev–Trinajstić information content (AvgIpc) is 3.41. The lowest BCUT2D eigenvalue weighted by molar-refractivity contribution is -0.192. The van der Waals surface area contributed by atoms with Crippen molar-refractivity contribution in [3.8, 4) is 17.2 Å². The van der Waals surface area contributed by atoms with Gasteiger partial charge >= 0.3 is 17.8 Å². The molecule has 1 atom stereocenters. The molecular weight excluding hydrogens is 615 g/mol. The summed E-state index contributed by atoms with van der Waals surface area (Å²) < 4.78 is 49.2. The van der Waals surface area contributed by atoms with E-state index in [4.69, 9.17) is 41.0 Å². The Morgan fingerprint density at radius 3 is 2.26 bits per heavy atom. The lowest BCUT2D eigenvalue weighted by Crippen LogP contribution is -2.21. The molecule has 3 aromatic carbocycles. The van der Waals surface area contributed by atoms with Gasteiger partial charge in [-0.1, -0.05) is 18.2 Å². The first kappa shape index (κ1) is 34.6. The van der Waals surface area contributed by atoms with E-state index in [1.807, 2.05) is 6.07 Å². The molecule has 46 heavy (non-hydrogen) atoms. The summed E-state index contributed by atoms with van der Waals surface area (Å²) in [7, 11) is 3.12. The minimum absolute atomic E-state index is 0.0527. The Labute approximate surface area is 259 Å². The zero-order valence-corrected chi connectivity index (χ0v) is 24.4. The lowest BCUT2D eigenvalue weighted by atomic mass is 10.0. The van der Waals surface area contributed by atoms with Crippen molar-refractivity contribution in [3.63, 3.8) is 0 Å². The first-order chi connectivity index (χ1) is 21.8. The van der Waals surface area contributed by atoms with Gasteiger partial charge in [0.2, 0.25) is 0 Å². The Bertz CT molecular complexity index is 1740. The molecule has 0 fully saturated rings. The largest absolute Gasteiger partial charge is 0.493 e. The highest BCUT2D eigenvalue weighted by atomic mass is 19.4. The molecule has 17 heteroatoms. The highest BCUT2D eigenvalue weighted by Crippen LogP contribution is 2.33. The van der Waals surface area contributed by atoms with Gasteiger partial charge in [0, 0.05) is 18.4 Å². The van der Waals surface area contributed by atoms with Crippen LogP contribution < -0.4 is 31.9 Å². The van der Waals surface area contributed by atoms with Gasteiger partial charge in [-0.3, -0.25) is 15.2 Å². The van der Waals surface area contributed by atoms with Gasteiger partial charge in [0.1, 0.15) is 18.5 Å². The van der Waals surface area contributed by atoms with Crippen molar-refractivity contribution in [1.82, 2.24) is 14.8 Å². The van der Waals surface area contributed by atoms with E-state index < -0.39 is 29.8 Å². The number of hydrogen-bond donors (Lipinski definition) is 6. The van der Waals surface area contributed by atoms with Crippen molar-refractivity contribution >= 4 is 23.4 Å². The summed E-state index contributed by atoms with van der Waals surface area (Å²) in [5.74, 6) is -2.22. The summed E-state index contributed by atoms with van der Waals surface area (Å²) in [5.41, 5.74) is 12.9. The first-order valence-corrected chi connectivity index (χ1v) is 13.2. The molecule has 0 aliphatic heterocycles. The SMILES string of the molecule is COCCOc1ccc(C(Nc2ccc(C(=N)N)cc2)c2nn(-c3ccccc3C(N)=O)c(=O)[nH]2)cc1OC.O=C(O)C(F)(F)F. The minimum atomic E-state index is -5.08. The molecule has 0 aliphatic carbocycles. The molecule has 0 saturated heterocycles. The van der Waals surface area contributed by atoms with Crippen molar-refractivity contribution in [2.24, 2.45) is 11.5 Å². The molecule has 0 radical (unpaired) electrons. The number of para-hydroxylation sites is 1. The van der Waals surface area contributed by atoms with E-state index in [0.29, 0.717) is 41.5 Å². The number of carboxylic acid groups (broad SMARTS) is 1. The van der Waals surface area contributed by atoms with Crippen LogP contribution in [0.2, 0.25) is 0 Å². The van der Waals surface area contributed by atoms with E-state index in [-0.39, 0.29) is 22.9 Å². The molecule has 8 N–H and O–H groups in total. The van der Waals surface area contributed by atoms with E-state index in [9.17, 15) is 22.8 Å². The molecule has 4 aromatic rings. The number of carboxylic acids is 1. The fourth-order valence-electron chi connectivity index (χ4n) is 3.94. The Hall–Kier alpha value is -5.84. The molecule has 0 spiro atoms. The number of hydrogen-bond acceptors (Lipinski definition) is 9. The normalized spacial score (nSPS) is 11.5. The zero-order valence-electron chi connectivity index (χ0n) is 24.4. The molecule has 14 nitrogen and oxygen atoms in total. The van der Waals surface area contributed by atoms with Crippen LogP contribution in [0.25, 0.3) is 5.69 Å². The number of nitrogen functional groups attached to an aromatic ring is 1. The second kappa shape index (κ2) is 15.2. The number of rotatable bonds is 12. The predicted molar refractivity (Wildman–Crippen MR) is 160 cm³/mol. The van der Waals surface area contributed by atoms with E-state index >= 15 is 0 Å². The summed E-state index contributed by atoms with van der Waals surface area (Å²) in [6.07, 6.45) is -5.08. The number of aromatic amines is 1. The Balaban J connectivity index is 0.000000738. The van der Waals surface area contributed by atoms with Crippen LogP contribution in [-0.4, -0.2) is 71.2 Å². The molecule has 0 aliphatic rings. The van der Waals surface area contributed by atoms with Gasteiger partial charge in [-0.15, -0.1) is 5.10 Å². The summed E-state index contributed by atoms with van der Waals surface area (Å²) in [4.78, 5) is 36.7. The number of methoxy groups -OCH3 is 2. The van der Waals surface area contributed by atoms with Crippen LogP contribution in [-0.2, 0) is 9.53 Å². The van der Waals surface area contributed by atoms with Gasteiger partial charge in [0.25, 0.3) is 5.91 Å². The summed E-state index contributed by atoms with van der Waals surface area (Å²) in [6.45, 7) is 0.754. The minimum Gasteiger partial charge on any atom is -0.493 e. The fourth-order valence-corrected chi connectivity index (χ4v) is 3.94. The Morgan fingerprint density at radius 2 is 1.70 bits per heavy atom. The van der Waals surface area contributed by atoms with E-state index in [2.05, 4.69) is 15.4 Å². The maximum absolute atomic E-state index is 13.0. The molecule has 1 aromatic heterocycles. The third-order valence-corrected chi connectivity index (χ3v) is 6.12. The molecule has 1 amide bonds. The number of anilines is 1. The molecule has 1 unspecified atom stereocenters. The molecule has 4 rings (SSSR count). The van der Waals surface area contributed by atoms with E-state index in [1.54, 1.807) is 61.7 Å². The van der Waals surface area contributed by atoms with Crippen molar-refractivity contribution in [2.75, 3.05) is 32.8 Å². The van der Waals surface area contributed by atoms with Crippen LogP contribution in [0.15, 0.2) is 71.5 Å². The number of aromatic nitrogens is 3. The van der Waals surface area contributed by atoms with Crippen LogP contribution in [0.4, 0.5) is 18.9 Å². The fraction of sp³-hybridized carbons (Fsp3) is 0.207. The van der Waals surface area contributed by atoms with Crippen LogP contribution in [0, 0.1) is 5.41 Å². The number of halogens is 3. The number of amidine groups is 1. The van der Waals surface area contributed by atoms with Crippen LogP contribution >= 0.6 is 0 Å². The number of alkyl halides is 3. The highest BCUT2D eigenvalue weighted by Gasteiger charge is 2.38.